The second-order valence-electron chi connectivity index (χ2n) is 3.55. The zero-order chi connectivity index (χ0) is 12.7. The molecule has 17 heavy (non-hydrogen) atoms. The molecular weight excluding hydrogens is 243 g/mol. The standard InChI is InChI=1S/C13H18ClFO2/c1-3-16-12-8-10(6-5-7-15)11(14)9-13(12)17-4-2/h8-9H,3-7H2,1-2H3. The lowest BCUT2D eigenvalue weighted by Crippen LogP contribution is -2.00. The molecule has 0 N–H and O–H groups in total. The average Bonchev–Trinajstić information content (AvgIpc) is 2.31. The Kier molecular flexibility index (Phi) is 6.12. The first-order valence-electron chi connectivity index (χ1n) is 5.86. The monoisotopic (exact) mass is 260 g/mol. The smallest absolute Gasteiger partial charge is 0.162 e. The number of ether oxygens (including phenoxy) is 2. The highest BCUT2D eigenvalue weighted by Crippen LogP contribution is 2.34. The Morgan fingerprint density at radius 3 is 2.24 bits per heavy atom. The minimum absolute atomic E-state index is 0.340. The summed E-state index contributed by atoms with van der Waals surface area (Å²) >= 11 is 6.12. The maximum Gasteiger partial charge on any atom is 0.162 e. The van der Waals surface area contributed by atoms with E-state index in [1.807, 2.05) is 19.9 Å². The van der Waals surface area contributed by atoms with E-state index in [4.69, 9.17) is 21.1 Å². The second kappa shape index (κ2) is 7.38. The van der Waals surface area contributed by atoms with E-state index in [0.29, 0.717) is 42.6 Å². The Morgan fingerprint density at radius 2 is 1.71 bits per heavy atom. The molecular formula is C13H18ClFO2. The van der Waals surface area contributed by atoms with Crippen LogP contribution in [0.3, 0.4) is 0 Å². The highest BCUT2D eigenvalue weighted by Gasteiger charge is 2.10. The third-order valence-corrected chi connectivity index (χ3v) is 2.64. The molecule has 2 nitrogen and oxygen atoms in total. The van der Waals surface area contributed by atoms with Crippen molar-refractivity contribution in [1.29, 1.82) is 0 Å². The minimum atomic E-state index is -0.340. The summed E-state index contributed by atoms with van der Waals surface area (Å²) in [7, 11) is 0. The van der Waals surface area contributed by atoms with E-state index in [-0.39, 0.29) is 6.67 Å². The van der Waals surface area contributed by atoms with Crippen molar-refractivity contribution >= 4 is 11.6 Å². The van der Waals surface area contributed by atoms with Gasteiger partial charge in [-0.25, -0.2) is 0 Å². The number of hydrogen-bond acceptors (Lipinski definition) is 2. The number of rotatable bonds is 7. The van der Waals surface area contributed by atoms with E-state index in [1.54, 1.807) is 6.07 Å². The normalized spacial score (nSPS) is 10.4. The van der Waals surface area contributed by atoms with Gasteiger partial charge in [0.25, 0.3) is 0 Å². The molecule has 4 heteroatoms. The van der Waals surface area contributed by atoms with Crippen LogP contribution in [0.5, 0.6) is 11.5 Å². The van der Waals surface area contributed by atoms with Gasteiger partial charge in [-0.2, -0.15) is 0 Å². The predicted octanol–water partition coefficient (Wildman–Crippen LogP) is 4.04. The largest absolute Gasteiger partial charge is 0.490 e. The van der Waals surface area contributed by atoms with Gasteiger partial charge in [-0.05, 0) is 38.3 Å². The van der Waals surface area contributed by atoms with Crippen molar-refractivity contribution in [3.8, 4) is 11.5 Å². The molecule has 0 aliphatic heterocycles. The van der Waals surface area contributed by atoms with Crippen LogP contribution in [-0.4, -0.2) is 19.9 Å². The molecule has 1 rings (SSSR count). The highest BCUT2D eigenvalue weighted by molar-refractivity contribution is 6.31. The van der Waals surface area contributed by atoms with Crippen LogP contribution < -0.4 is 9.47 Å². The van der Waals surface area contributed by atoms with Crippen molar-refractivity contribution in [3.63, 3.8) is 0 Å². The zero-order valence-electron chi connectivity index (χ0n) is 10.3. The van der Waals surface area contributed by atoms with Gasteiger partial charge >= 0.3 is 0 Å². The summed E-state index contributed by atoms with van der Waals surface area (Å²) in [6, 6.07) is 3.58. The van der Waals surface area contributed by atoms with E-state index in [9.17, 15) is 4.39 Å². The van der Waals surface area contributed by atoms with Crippen LogP contribution in [0.1, 0.15) is 25.8 Å². The van der Waals surface area contributed by atoms with E-state index in [1.165, 1.54) is 0 Å². The average molecular weight is 261 g/mol. The van der Waals surface area contributed by atoms with Crippen molar-refractivity contribution in [3.05, 3.63) is 22.7 Å². The molecule has 0 bridgehead atoms. The Bertz CT molecular complexity index is 356. The number of halogens is 2. The Balaban J connectivity index is 2.96. The van der Waals surface area contributed by atoms with Crippen LogP contribution in [0.2, 0.25) is 5.02 Å². The fourth-order valence-electron chi connectivity index (χ4n) is 1.56. The first-order chi connectivity index (χ1) is 8.22. The third kappa shape index (κ3) is 4.08. The molecule has 0 fully saturated rings. The van der Waals surface area contributed by atoms with Crippen molar-refractivity contribution < 1.29 is 13.9 Å². The highest BCUT2D eigenvalue weighted by atomic mass is 35.5. The first kappa shape index (κ1) is 14.1. The lowest BCUT2D eigenvalue weighted by molar-refractivity contribution is 0.287. The van der Waals surface area contributed by atoms with Crippen molar-refractivity contribution in [2.24, 2.45) is 0 Å². The molecule has 0 saturated carbocycles. The van der Waals surface area contributed by atoms with Crippen LogP contribution in [0.4, 0.5) is 4.39 Å². The summed E-state index contributed by atoms with van der Waals surface area (Å²) in [5.74, 6) is 1.32. The molecule has 0 aromatic heterocycles. The zero-order valence-corrected chi connectivity index (χ0v) is 11.0. The van der Waals surface area contributed by atoms with Crippen molar-refractivity contribution in [1.82, 2.24) is 0 Å². The first-order valence-corrected chi connectivity index (χ1v) is 6.24. The van der Waals surface area contributed by atoms with Crippen LogP contribution in [0, 0.1) is 0 Å². The summed E-state index contributed by atoms with van der Waals surface area (Å²) in [5.41, 5.74) is 0.899. The number of hydrogen-bond donors (Lipinski definition) is 0. The molecule has 0 heterocycles. The van der Waals surface area contributed by atoms with Gasteiger partial charge in [-0.15, -0.1) is 0 Å². The Hall–Kier alpha value is -0.960. The summed E-state index contributed by atoms with van der Waals surface area (Å²) in [5, 5.41) is 0.602. The van der Waals surface area contributed by atoms with E-state index >= 15 is 0 Å². The summed E-state index contributed by atoms with van der Waals surface area (Å²) < 4.78 is 23.1. The molecule has 0 unspecified atom stereocenters. The van der Waals surface area contributed by atoms with Crippen molar-refractivity contribution in [2.45, 2.75) is 26.7 Å². The fourth-order valence-corrected chi connectivity index (χ4v) is 1.81. The lowest BCUT2D eigenvalue weighted by atomic mass is 10.1. The quantitative estimate of drug-likeness (QED) is 0.737. The Morgan fingerprint density at radius 1 is 1.12 bits per heavy atom. The van der Waals surface area contributed by atoms with Gasteiger partial charge in [0.05, 0.1) is 19.9 Å². The lowest BCUT2D eigenvalue weighted by Gasteiger charge is -2.13. The van der Waals surface area contributed by atoms with Gasteiger partial charge < -0.3 is 9.47 Å². The van der Waals surface area contributed by atoms with Crippen LogP contribution in [-0.2, 0) is 6.42 Å². The van der Waals surface area contributed by atoms with Crippen molar-refractivity contribution in [2.75, 3.05) is 19.9 Å². The van der Waals surface area contributed by atoms with E-state index in [2.05, 4.69) is 0 Å². The van der Waals surface area contributed by atoms with Gasteiger partial charge in [-0.3, -0.25) is 4.39 Å². The van der Waals surface area contributed by atoms with Crippen LogP contribution >= 0.6 is 11.6 Å². The van der Waals surface area contributed by atoms with E-state index < -0.39 is 0 Å². The molecule has 96 valence electrons. The second-order valence-corrected chi connectivity index (χ2v) is 3.96. The van der Waals surface area contributed by atoms with E-state index in [0.717, 1.165) is 5.56 Å². The van der Waals surface area contributed by atoms with Gasteiger partial charge in [0.2, 0.25) is 0 Å². The van der Waals surface area contributed by atoms with Gasteiger partial charge in [0, 0.05) is 11.1 Å². The predicted molar refractivity (Wildman–Crippen MR) is 68.1 cm³/mol. The minimum Gasteiger partial charge on any atom is -0.490 e. The van der Waals surface area contributed by atoms with Crippen LogP contribution in [0.15, 0.2) is 12.1 Å². The van der Waals surface area contributed by atoms with Gasteiger partial charge in [-0.1, -0.05) is 11.6 Å². The maximum atomic E-state index is 12.2. The molecule has 0 radical (unpaired) electrons. The molecule has 1 aromatic carbocycles. The molecule has 0 atom stereocenters. The number of alkyl halides is 1. The molecule has 0 saturated heterocycles. The molecule has 1 aromatic rings. The molecule has 0 aliphatic carbocycles. The topological polar surface area (TPSA) is 18.5 Å². The van der Waals surface area contributed by atoms with Crippen LogP contribution in [0.25, 0.3) is 0 Å². The molecule has 0 amide bonds. The molecule has 0 aliphatic rings. The molecule has 0 spiro atoms. The summed E-state index contributed by atoms with van der Waals surface area (Å²) in [6.45, 7) is 4.59. The number of aryl methyl sites for hydroxylation is 1. The third-order valence-electron chi connectivity index (χ3n) is 2.29. The number of benzene rings is 1. The van der Waals surface area contributed by atoms with Gasteiger partial charge in [0.1, 0.15) is 0 Å². The summed E-state index contributed by atoms with van der Waals surface area (Å²) in [4.78, 5) is 0. The van der Waals surface area contributed by atoms with Gasteiger partial charge in [0.15, 0.2) is 11.5 Å². The summed E-state index contributed by atoms with van der Waals surface area (Å²) in [6.07, 6.45) is 1.08. The fraction of sp³-hybridized carbons (Fsp3) is 0.538. The SMILES string of the molecule is CCOc1cc(Cl)c(CCCF)cc1OCC. The Labute approximate surface area is 107 Å². The maximum absolute atomic E-state index is 12.2.